The van der Waals surface area contributed by atoms with Gasteiger partial charge in [0.05, 0.1) is 9.77 Å². The van der Waals surface area contributed by atoms with Crippen LogP contribution in [-0.4, -0.2) is 71.9 Å². The third-order valence-electron chi connectivity index (χ3n) is 4.80. The van der Waals surface area contributed by atoms with Crippen LogP contribution in [-0.2, 0) is 19.6 Å². The van der Waals surface area contributed by atoms with Gasteiger partial charge in [0, 0.05) is 26.2 Å². The van der Waals surface area contributed by atoms with E-state index in [0.717, 1.165) is 10.8 Å². The summed E-state index contributed by atoms with van der Waals surface area (Å²) in [6.45, 7) is 1.44. The average molecular weight is 477 g/mol. The van der Waals surface area contributed by atoms with Crippen LogP contribution in [0.25, 0.3) is 10.8 Å². The smallest absolute Gasteiger partial charge is 0.414 e. The lowest BCUT2D eigenvalue weighted by Gasteiger charge is -2.33. The van der Waals surface area contributed by atoms with Gasteiger partial charge in [-0.3, -0.25) is 4.79 Å². The Labute approximate surface area is 188 Å². The van der Waals surface area contributed by atoms with Crippen LogP contribution in [0.3, 0.4) is 0 Å². The number of hydrogen-bond acceptors (Lipinski definition) is 6. The second kappa shape index (κ2) is 9.90. The number of carbonyl (C=O) groups excluding carboxylic acids is 1. The molecule has 1 fully saturated rings. The SMILES string of the molecule is O=C(O)C(=O)O.O=C(c1cccs1)N1CCN(S(=O)(=O)c2ccc3ccccc3c2)CC1. The third kappa shape index (κ3) is 5.31. The Kier molecular flexibility index (Phi) is 7.23. The predicted octanol–water partition coefficient (Wildman–Crippen LogP) is 2.20. The van der Waals surface area contributed by atoms with Gasteiger partial charge in [-0.1, -0.05) is 36.4 Å². The summed E-state index contributed by atoms with van der Waals surface area (Å²) in [6.07, 6.45) is 0. The molecule has 11 heteroatoms. The van der Waals surface area contributed by atoms with Gasteiger partial charge in [0.25, 0.3) is 5.91 Å². The van der Waals surface area contributed by atoms with Crippen LogP contribution in [0.2, 0.25) is 0 Å². The highest BCUT2D eigenvalue weighted by Gasteiger charge is 2.30. The van der Waals surface area contributed by atoms with E-state index in [-0.39, 0.29) is 5.91 Å². The first kappa shape index (κ1) is 23.4. The number of hydrogen-bond donors (Lipinski definition) is 2. The lowest BCUT2D eigenvalue weighted by molar-refractivity contribution is -0.159. The number of piperazine rings is 1. The topological polar surface area (TPSA) is 132 Å². The summed E-state index contributed by atoms with van der Waals surface area (Å²) in [5, 5.41) is 18.6. The van der Waals surface area contributed by atoms with E-state index < -0.39 is 22.0 Å². The van der Waals surface area contributed by atoms with Crippen molar-refractivity contribution in [1.29, 1.82) is 0 Å². The largest absolute Gasteiger partial charge is 0.473 e. The Bertz CT molecular complexity index is 1220. The summed E-state index contributed by atoms with van der Waals surface area (Å²) in [4.78, 5) is 33.3. The molecule has 0 bridgehead atoms. The van der Waals surface area contributed by atoms with Crippen LogP contribution < -0.4 is 0 Å². The van der Waals surface area contributed by atoms with Gasteiger partial charge in [0.2, 0.25) is 10.0 Å². The Hall–Kier alpha value is -3.28. The Morgan fingerprint density at radius 3 is 2.00 bits per heavy atom. The second-order valence-electron chi connectivity index (χ2n) is 6.79. The van der Waals surface area contributed by atoms with Crippen molar-refractivity contribution in [2.24, 2.45) is 0 Å². The number of aliphatic carboxylic acids is 2. The molecule has 1 aliphatic rings. The fraction of sp³-hybridized carbons (Fsp3) is 0.190. The number of benzene rings is 2. The average Bonchev–Trinajstić information content (AvgIpc) is 3.33. The van der Waals surface area contributed by atoms with Crippen LogP contribution >= 0.6 is 11.3 Å². The Balaban J connectivity index is 0.000000427. The number of carbonyl (C=O) groups is 3. The van der Waals surface area contributed by atoms with Crippen molar-refractivity contribution in [3.63, 3.8) is 0 Å². The van der Waals surface area contributed by atoms with Crippen molar-refractivity contribution in [3.8, 4) is 0 Å². The molecule has 0 aliphatic carbocycles. The zero-order valence-corrected chi connectivity index (χ0v) is 18.4. The number of amides is 1. The lowest BCUT2D eigenvalue weighted by Crippen LogP contribution is -2.50. The Morgan fingerprint density at radius 1 is 0.812 bits per heavy atom. The third-order valence-corrected chi connectivity index (χ3v) is 7.55. The van der Waals surface area contributed by atoms with Gasteiger partial charge in [-0.25, -0.2) is 18.0 Å². The molecule has 2 N–H and O–H groups in total. The van der Waals surface area contributed by atoms with Crippen molar-refractivity contribution in [1.82, 2.24) is 9.21 Å². The summed E-state index contributed by atoms with van der Waals surface area (Å²) in [7, 11) is -3.56. The molecule has 3 aromatic rings. The minimum absolute atomic E-state index is 0.0252. The monoisotopic (exact) mass is 476 g/mol. The minimum Gasteiger partial charge on any atom is -0.473 e. The summed E-state index contributed by atoms with van der Waals surface area (Å²) in [5.41, 5.74) is 0. The normalized spacial score (nSPS) is 14.4. The van der Waals surface area contributed by atoms with Crippen LogP contribution in [0.5, 0.6) is 0 Å². The maximum absolute atomic E-state index is 13.0. The number of carboxylic acids is 2. The summed E-state index contributed by atoms with van der Waals surface area (Å²) < 4.78 is 27.4. The summed E-state index contributed by atoms with van der Waals surface area (Å²) in [5.74, 6) is -3.67. The molecule has 1 amide bonds. The van der Waals surface area contributed by atoms with Crippen LogP contribution in [0.15, 0.2) is 64.9 Å². The standard InChI is InChI=1S/C19H18N2O3S2.C2H2O4/c22-19(18-6-3-13-25-18)20-9-11-21(12-10-20)26(23,24)17-8-7-15-4-1-2-5-16(15)14-17;3-1(4)2(5)6/h1-8,13-14H,9-12H2;(H,3,4)(H,5,6). The van der Waals surface area contributed by atoms with Crippen molar-refractivity contribution in [2.45, 2.75) is 4.90 Å². The first-order valence-corrected chi connectivity index (χ1v) is 11.8. The molecule has 1 aliphatic heterocycles. The van der Waals surface area contributed by atoms with E-state index in [1.54, 1.807) is 23.1 Å². The Morgan fingerprint density at radius 2 is 1.44 bits per heavy atom. The molecule has 0 spiro atoms. The summed E-state index contributed by atoms with van der Waals surface area (Å²) in [6, 6.07) is 16.5. The van der Waals surface area contributed by atoms with Crippen LogP contribution in [0, 0.1) is 0 Å². The summed E-state index contributed by atoms with van der Waals surface area (Å²) >= 11 is 1.41. The molecule has 0 radical (unpaired) electrons. The number of carboxylic acid groups (broad SMARTS) is 2. The number of fused-ring (bicyclic) bond motifs is 1. The van der Waals surface area contributed by atoms with E-state index in [0.29, 0.717) is 36.0 Å². The van der Waals surface area contributed by atoms with E-state index >= 15 is 0 Å². The van der Waals surface area contributed by atoms with E-state index in [2.05, 4.69) is 0 Å². The quantitative estimate of drug-likeness (QED) is 0.554. The highest BCUT2D eigenvalue weighted by atomic mass is 32.2. The first-order valence-electron chi connectivity index (χ1n) is 9.48. The van der Waals surface area contributed by atoms with Crippen LogP contribution in [0.4, 0.5) is 0 Å². The van der Waals surface area contributed by atoms with Gasteiger partial charge >= 0.3 is 11.9 Å². The predicted molar refractivity (Wildman–Crippen MR) is 118 cm³/mol. The molecular weight excluding hydrogens is 456 g/mol. The van der Waals surface area contributed by atoms with Gasteiger partial charge < -0.3 is 15.1 Å². The molecule has 32 heavy (non-hydrogen) atoms. The number of thiophene rings is 1. The van der Waals surface area contributed by atoms with E-state index in [9.17, 15) is 13.2 Å². The minimum atomic E-state index is -3.56. The van der Waals surface area contributed by atoms with E-state index in [4.69, 9.17) is 19.8 Å². The lowest BCUT2D eigenvalue weighted by atomic mass is 10.1. The van der Waals surface area contributed by atoms with Gasteiger partial charge in [-0.2, -0.15) is 4.31 Å². The zero-order valence-electron chi connectivity index (χ0n) is 16.7. The van der Waals surface area contributed by atoms with Crippen molar-refractivity contribution in [2.75, 3.05) is 26.2 Å². The highest BCUT2D eigenvalue weighted by molar-refractivity contribution is 7.89. The second-order valence-corrected chi connectivity index (χ2v) is 9.68. The molecule has 0 saturated carbocycles. The molecule has 0 atom stereocenters. The first-order chi connectivity index (χ1) is 15.2. The van der Waals surface area contributed by atoms with Gasteiger partial charge in [-0.05, 0) is 34.4 Å². The molecular formula is C21H20N2O7S2. The molecule has 1 aromatic heterocycles. The zero-order chi connectivity index (χ0) is 23.3. The van der Waals surface area contributed by atoms with Crippen LogP contribution in [0.1, 0.15) is 9.67 Å². The maximum atomic E-state index is 13.0. The number of sulfonamides is 1. The van der Waals surface area contributed by atoms with Crippen molar-refractivity contribution in [3.05, 3.63) is 64.9 Å². The molecule has 2 aromatic carbocycles. The van der Waals surface area contributed by atoms with Crippen molar-refractivity contribution >= 4 is 50.0 Å². The molecule has 0 unspecified atom stereocenters. The number of rotatable bonds is 3. The fourth-order valence-electron chi connectivity index (χ4n) is 3.16. The number of nitrogens with zero attached hydrogens (tertiary/aromatic N) is 2. The van der Waals surface area contributed by atoms with Gasteiger partial charge in [0.15, 0.2) is 0 Å². The maximum Gasteiger partial charge on any atom is 0.414 e. The molecule has 4 rings (SSSR count). The van der Waals surface area contributed by atoms with E-state index in [1.807, 2.05) is 41.8 Å². The molecule has 2 heterocycles. The van der Waals surface area contributed by atoms with Crippen molar-refractivity contribution < 1.29 is 33.0 Å². The molecule has 9 nitrogen and oxygen atoms in total. The van der Waals surface area contributed by atoms with Gasteiger partial charge in [-0.15, -0.1) is 11.3 Å². The molecule has 1 saturated heterocycles. The van der Waals surface area contributed by atoms with Gasteiger partial charge in [0.1, 0.15) is 0 Å². The highest BCUT2D eigenvalue weighted by Crippen LogP contribution is 2.23. The van der Waals surface area contributed by atoms with E-state index in [1.165, 1.54) is 15.6 Å². The fourth-order valence-corrected chi connectivity index (χ4v) is 5.31. The molecule has 168 valence electrons.